The second kappa shape index (κ2) is 8.83. The molecule has 1 unspecified atom stereocenters. The van der Waals surface area contributed by atoms with E-state index in [9.17, 15) is 9.59 Å². The number of amides is 2. The van der Waals surface area contributed by atoms with Crippen molar-refractivity contribution in [2.45, 2.75) is 46.6 Å². The van der Waals surface area contributed by atoms with Gasteiger partial charge in [0.25, 0.3) is 5.91 Å². The number of piperidine rings is 1. The zero-order valence-electron chi connectivity index (χ0n) is 18.6. The van der Waals surface area contributed by atoms with Gasteiger partial charge in [-0.25, -0.2) is 4.68 Å². The van der Waals surface area contributed by atoms with Gasteiger partial charge in [-0.15, -0.1) is 11.3 Å². The maximum atomic E-state index is 13.2. The molecule has 1 N–H and O–H groups in total. The number of para-hydroxylation sites is 1. The summed E-state index contributed by atoms with van der Waals surface area (Å²) in [5.41, 5.74) is 1.91. The van der Waals surface area contributed by atoms with Crippen molar-refractivity contribution in [1.82, 2.24) is 20.0 Å². The third kappa shape index (κ3) is 4.37. The minimum absolute atomic E-state index is 0.0125. The van der Waals surface area contributed by atoms with Gasteiger partial charge in [0.1, 0.15) is 4.83 Å². The quantitative estimate of drug-likeness (QED) is 0.642. The molecular weight excluding hydrogens is 408 g/mol. The van der Waals surface area contributed by atoms with Crippen LogP contribution in [0, 0.1) is 18.8 Å². The molecule has 0 bridgehead atoms. The lowest BCUT2D eigenvalue weighted by Gasteiger charge is -2.32. The summed E-state index contributed by atoms with van der Waals surface area (Å²) in [4.78, 5) is 29.3. The number of benzene rings is 1. The lowest BCUT2D eigenvalue weighted by atomic mass is 9.94. The maximum Gasteiger partial charge on any atom is 0.264 e. The monoisotopic (exact) mass is 438 g/mol. The average Bonchev–Trinajstić information content (AvgIpc) is 3.34. The fourth-order valence-corrected chi connectivity index (χ4v) is 5.06. The Hall–Kier alpha value is -2.67. The molecular formula is C24H30N4O2S. The maximum absolute atomic E-state index is 13.2. The van der Waals surface area contributed by atoms with Gasteiger partial charge in [-0.3, -0.25) is 9.59 Å². The highest BCUT2D eigenvalue weighted by Gasteiger charge is 2.30. The molecule has 0 aliphatic carbocycles. The van der Waals surface area contributed by atoms with Crippen molar-refractivity contribution >= 4 is 33.4 Å². The Morgan fingerprint density at radius 3 is 2.45 bits per heavy atom. The third-order valence-electron chi connectivity index (χ3n) is 6.28. The van der Waals surface area contributed by atoms with Gasteiger partial charge in [-0.2, -0.15) is 5.10 Å². The largest absolute Gasteiger partial charge is 0.353 e. The third-order valence-corrected chi connectivity index (χ3v) is 7.38. The molecule has 1 aliphatic heterocycles. The minimum atomic E-state index is -0.0125. The number of carbonyl (C=O) groups excluding carboxylic acids is 2. The molecule has 4 rings (SSSR count). The van der Waals surface area contributed by atoms with Gasteiger partial charge in [0.05, 0.1) is 16.3 Å². The molecule has 7 heteroatoms. The molecule has 2 aromatic heterocycles. The Labute approximate surface area is 187 Å². The predicted molar refractivity (Wildman–Crippen MR) is 125 cm³/mol. The zero-order chi connectivity index (χ0) is 22.1. The van der Waals surface area contributed by atoms with Gasteiger partial charge in [0.15, 0.2) is 0 Å². The second-order valence-electron chi connectivity index (χ2n) is 8.77. The van der Waals surface area contributed by atoms with E-state index < -0.39 is 0 Å². The highest BCUT2D eigenvalue weighted by molar-refractivity contribution is 7.20. The van der Waals surface area contributed by atoms with E-state index in [1.165, 1.54) is 11.3 Å². The van der Waals surface area contributed by atoms with E-state index >= 15 is 0 Å². The first-order valence-electron chi connectivity index (χ1n) is 11.0. The second-order valence-corrected chi connectivity index (χ2v) is 9.80. The van der Waals surface area contributed by atoms with Gasteiger partial charge in [0, 0.05) is 30.4 Å². The minimum Gasteiger partial charge on any atom is -0.353 e. The number of hydrogen-bond donors (Lipinski definition) is 1. The standard InChI is InChI=1S/C24H30N4O2S/c1-15(2)16(3)25-22(29)18-10-12-27(13-11-18)23(30)21-14-20-17(4)26-28(24(20)31-21)19-8-6-5-7-9-19/h5-9,14-16,18H,10-13H2,1-4H3,(H,25,29). The number of hydrogen-bond acceptors (Lipinski definition) is 4. The number of rotatable bonds is 5. The number of aromatic nitrogens is 2. The van der Waals surface area contributed by atoms with Crippen LogP contribution in [0.1, 0.15) is 49.0 Å². The van der Waals surface area contributed by atoms with Gasteiger partial charge in [-0.1, -0.05) is 32.0 Å². The summed E-state index contributed by atoms with van der Waals surface area (Å²) in [6.45, 7) is 9.47. The summed E-state index contributed by atoms with van der Waals surface area (Å²) in [5, 5.41) is 8.80. The average molecular weight is 439 g/mol. The Kier molecular flexibility index (Phi) is 6.14. The van der Waals surface area contributed by atoms with Crippen LogP contribution in [0.4, 0.5) is 0 Å². The molecule has 2 amide bonds. The van der Waals surface area contributed by atoms with E-state index in [1.54, 1.807) is 0 Å². The van der Waals surface area contributed by atoms with Crippen LogP contribution in [-0.2, 0) is 4.79 Å². The number of thiophene rings is 1. The van der Waals surface area contributed by atoms with Crippen LogP contribution in [0.2, 0.25) is 0 Å². The van der Waals surface area contributed by atoms with Crippen molar-refractivity contribution in [2.75, 3.05) is 13.1 Å². The van der Waals surface area contributed by atoms with Gasteiger partial charge in [0.2, 0.25) is 5.91 Å². The molecule has 0 saturated carbocycles. The number of carbonyl (C=O) groups is 2. The molecule has 31 heavy (non-hydrogen) atoms. The van der Waals surface area contributed by atoms with Crippen molar-refractivity contribution < 1.29 is 9.59 Å². The fourth-order valence-electron chi connectivity index (χ4n) is 3.91. The van der Waals surface area contributed by atoms with Gasteiger partial charge in [-0.05, 0) is 50.8 Å². The Balaban J connectivity index is 1.45. The molecule has 3 heterocycles. The van der Waals surface area contributed by atoms with Crippen molar-refractivity contribution in [3.63, 3.8) is 0 Å². The molecule has 1 saturated heterocycles. The number of likely N-dealkylation sites (tertiary alicyclic amines) is 1. The fraction of sp³-hybridized carbons (Fsp3) is 0.458. The van der Waals surface area contributed by atoms with Crippen molar-refractivity contribution in [3.8, 4) is 5.69 Å². The highest BCUT2D eigenvalue weighted by atomic mass is 32.1. The van der Waals surface area contributed by atoms with E-state index in [0.717, 1.165) is 26.5 Å². The normalized spacial score (nSPS) is 16.1. The van der Waals surface area contributed by atoms with Crippen molar-refractivity contribution in [3.05, 3.63) is 47.0 Å². The van der Waals surface area contributed by atoms with Crippen LogP contribution in [0.15, 0.2) is 36.4 Å². The van der Waals surface area contributed by atoms with Gasteiger partial charge >= 0.3 is 0 Å². The molecule has 0 spiro atoms. The van der Waals surface area contributed by atoms with E-state index in [1.807, 2.05) is 59.8 Å². The van der Waals surface area contributed by atoms with E-state index in [4.69, 9.17) is 0 Å². The van der Waals surface area contributed by atoms with Crippen LogP contribution in [0.5, 0.6) is 0 Å². The summed E-state index contributed by atoms with van der Waals surface area (Å²) in [6, 6.07) is 12.1. The first kappa shape index (κ1) is 21.6. The summed E-state index contributed by atoms with van der Waals surface area (Å²) >= 11 is 1.49. The van der Waals surface area contributed by atoms with Crippen molar-refractivity contribution in [2.24, 2.45) is 11.8 Å². The van der Waals surface area contributed by atoms with Crippen LogP contribution in [0.25, 0.3) is 15.9 Å². The van der Waals surface area contributed by atoms with E-state index in [-0.39, 0.29) is 23.8 Å². The van der Waals surface area contributed by atoms with E-state index in [0.29, 0.717) is 31.8 Å². The smallest absolute Gasteiger partial charge is 0.264 e. The molecule has 0 radical (unpaired) electrons. The number of nitrogens with one attached hydrogen (secondary N) is 1. The topological polar surface area (TPSA) is 67.2 Å². The Bertz CT molecular complexity index is 1080. The zero-order valence-corrected chi connectivity index (χ0v) is 19.4. The first-order chi connectivity index (χ1) is 14.8. The predicted octanol–water partition coefficient (Wildman–Crippen LogP) is 4.41. The number of aryl methyl sites for hydroxylation is 1. The SMILES string of the molecule is Cc1nn(-c2ccccc2)c2sc(C(=O)N3CCC(C(=O)NC(C)C(C)C)CC3)cc12. The van der Waals surface area contributed by atoms with Gasteiger partial charge < -0.3 is 10.2 Å². The summed E-state index contributed by atoms with van der Waals surface area (Å²) in [6.07, 6.45) is 1.42. The lowest BCUT2D eigenvalue weighted by Crippen LogP contribution is -2.45. The molecule has 1 aliphatic rings. The van der Waals surface area contributed by atoms with E-state index in [2.05, 4.69) is 24.3 Å². The Morgan fingerprint density at radius 2 is 1.81 bits per heavy atom. The number of nitrogens with zero attached hydrogens (tertiary/aromatic N) is 3. The highest BCUT2D eigenvalue weighted by Crippen LogP contribution is 2.32. The molecule has 164 valence electrons. The molecule has 3 aromatic rings. The van der Waals surface area contributed by atoms with Crippen LogP contribution in [-0.4, -0.2) is 45.6 Å². The van der Waals surface area contributed by atoms with Crippen LogP contribution >= 0.6 is 11.3 Å². The van der Waals surface area contributed by atoms with Crippen LogP contribution < -0.4 is 5.32 Å². The summed E-state index contributed by atoms with van der Waals surface area (Å²) < 4.78 is 1.92. The molecule has 6 nitrogen and oxygen atoms in total. The molecule has 1 fully saturated rings. The molecule has 1 aromatic carbocycles. The van der Waals surface area contributed by atoms with Crippen LogP contribution in [0.3, 0.4) is 0 Å². The van der Waals surface area contributed by atoms with Crippen molar-refractivity contribution in [1.29, 1.82) is 0 Å². The summed E-state index contributed by atoms with van der Waals surface area (Å²) in [5.74, 6) is 0.568. The Morgan fingerprint density at radius 1 is 1.13 bits per heavy atom. The number of fused-ring (bicyclic) bond motifs is 1. The lowest BCUT2D eigenvalue weighted by molar-refractivity contribution is -0.127. The summed E-state index contributed by atoms with van der Waals surface area (Å²) in [7, 11) is 0. The molecule has 1 atom stereocenters. The first-order valence-corrected chi connectivity index (χ1v) is 11.8.